The van der Waals surface area contributed by atoms with Crippen LogP contribution in [-0.4, -0.2) is 55.9 Å². The van der Waals surface area contributed by atoms with Crippen molar-refractivity contribution in [2.24, 2.45) is 0 Å². The third-order valence-corrected chi connectivity index (χ3v) is 5.83. The van der Waals surface area contributed by atoms with Crippen molar-refractivity contribution in [3.05, 3.63) is 54.9 Å². The van der Waals surface area contributed by atoms with Gasteiger partial charge in [0.1, 0.15) is 17.7 Å². The number of nitrogens with one attached hydrogen (secondary N) is 1. The van der Waals surface area contributed by atoms with Crippen molar-refractivity contribution in [3.63, 3.8) is 0 Å². The van der Waals surface area contributed by atoms with E-state index in [0.29, 0.717) is 35.5 Å². The molecule has 154 valence electrons. The molecule has 0 aliphatic carbocycles. The average molecular weight is 415 g/mol. The molecule has 2 aliphatic rings. The summed E-state index contributed by atoms with van der Waals surface area (Å²) in [6.45, 7) is 5.73. The topological polar surface area (TPSA) is 87.1 Å². The predicted molar refractivity (Wildman–Crippen MR) is 114 cm³/mol. The standard InChI is InChI=1S/C22H18FN7O/c1-3-14-9-16(20(23)24-10-14)27-21-19-15(25-13-26-21)5-6-17(28-19)29-11-22(12-29)7-8-30(22)18(31)4-2/h1,4-6,9-10,13H,2,7-8,11-12H2,(H,25,26,27). The average Bonchev–Trinajstić information content (AvgIpc) is 2.74. The maximum absolute atomic E-state index is 14.2. The Bertz CT molecular complexity index is 1260. The molecule has 2 saturated heterocycles. The number of nitrogens with zero attached hydrogens (tertiary/aromatic N) is 6. The zero-order chi connectivity index (χ0) is 21.6. The van der Waals surface area contributed by atoms with Crippen LogP contribution in [-0.2, 0) is 4.79 Å². The molecule has 0 atom stereocenters. The van der Waals surface area contributed by atoms with Crippen LogP contribution in [0.3, 0.4) is 0 Å². The van der Waals surface area contributed by atoms with Gasteiger partial charge in [0, 0.05) is 31.4 Å². The lowest BCUT2D eigenvalue weighted by molar-refractivity contribution is -0.144. The maximum atomic E-state index is 14.2. The molecule has 2 aliphatic heterocycles. The molecule has 0 saturated carbocycles. The normalized spacial score (nSPS) is 16.4. The number of halogens is 1. The van der Waals surface area contributed by atoms with E-state index in [1.54, 1.807) is 0 Å². The van der Waals surface area contributed by atoms with E-state index in [1.165, 1.54) is 24.7 Å². The van der Waals surface area contributed by atoms with Gasteiger partial charge >= 0.3 is 0 Å². The highest BCUT2D eigenvalue weighted by atomic mass is 19.1. The number of terminal acetylenes is 1. The summed E-state index contributed by atoms with van der Waals surface area (Å²) in [6, 6.07) is 5.21. The van der Waals surface area contributed by atoms with Gasteiger partial charge in [-0.25, -0.2) is 19.9 Å². The van der Waals surface area contributed by atoms with Gasteiger partial charge in [-0.1, -0.05) is 12.5 Å². The van der Waals surface area contributed by atoms with Crippen LogP contribution in [0.4, 0.5) is 21.7 Å². The summed E-state index contributed by atoms with van der Waals surface area (Å²) in [5, 5.41) is 2.93. The molecule has 9 heteroatoms. The largest absolute Gasteiger partial charge is 0.352 e. The number of rotatable bonds is 4. The number of carbonyl (C=O) groups is 1. The van der Waals surface area contributed by atoms with Crippen molar-refractivity contribution in [1.82, 2.24) is 24.8 Å². The first-order valence-corrected chi connectivity index (χ1v) is 9.73. The molecule has 5 heterocycles. The van der Waals surface area contributed by atoms with E-state index in [-0.39, 0.29) is 17.1 Å². The lowest BCUT2D eigenvalue weighted by atomic mass is 9.77. The maximum Gasteiger partial charge on any atom is 0.246 e. The predicted octanol–water partition coefficient (Wildman–Crippen LogP) is 2.26. The van der Waals surface area contributed by atoms with Crippen LogP contribution in [0.15, 0.2) is 43.4 Å². The minimum atomic E-state index is -0.691. The molecule has 1 amide bonds. The van der Waals surface area contributed by atoms with Gasteiger partial charge in [-0.3, -0.25) is 4.79 Å². The number of fused-ring (bicyclic) bond motifs is 1. The second-order valence-electron chi connectivity index (χ2n) is 7.62. The highest BCUT2D eigenvalue weighted by Gasteiger charge is 2.55. The van der Waals surface area contributed by atoms with Gasteiger partial charge in [0.15, 0.2) is 5.82 Å². The zero-order valence-corrected chi connectivity index (χ0v) is 16.5. The molecule has 2 fully saturated rings. The van der Waals surface area contributed by atoms with Crippen molar-refractivity contribution in [2.45, 2.75) is 12.0 Å². The minimum absolute atomic E-state index is 0.0397. The zero-order valence-electron chi connectivity index (χ0n) is 16.5. The summed E-state index contributed by atoms with van der Waals surface area (Å²) < 4.78 is 14.2. The van der Waals surface area contributed by atoms with Crippen LogP contribution in [0.1, 0.15) is 12.0 Å². The van der Waals surface area contributed by atoms with Crippen molar-refractivity contribution >= 4 is 34.3 Å². The number of amides is 1. The third kappa shape index (κ3) is 3.04. The van der Waals surface area contributed by atoms with Gasteiger partial charge in [0.25, 0.3) is 0 Å². The fourth-order valence-corrected chi connectivity index (χ4v) is 4.09. The number of anilines is 3. The van der Waals surface area contributed by atoms with Gasteiger partial charge in [0.2, 0.25) is 11.9 Å². The smallest absolute Gasteiger partial charge is 0.246 e. The Hall–Kier alpha value is -4.06. The molecule has 5 rings (SSSR count). The summed E-state index contributed by atoms with van der Waals surface area (Å²) in [7, 11) is 0. The van der Waals surface area contributed by atoms with Crippen molar-refractivity contribution in [1.29, 1.82) is 0 Å². The molecular weight excluding hydrogens is 397 g/mol. The van der Waals surface area contributed by atoms with E-state index in [9.17, 15) is 9.18 Å². The third-order valence-electron chi connectivity index (χ3n) is 5.83. The lowest BCUT2D eigenvalue weighted by Crippen LogP contribution is -2.78. The molecule has 0 bridgehead atoms. The van der Waals surface area contributed by atoms with Crippen LogP contribution >= 0.6 is 0 Å². The molecule has 0 aromatic carbocycles. The Labute approximate surface area is 177 Å². The number of pyridine rings is 2. The van der Waals surface area contributed by atoms with Crippen LogP contribution in [0.5, 0.6) is 0 Å². The fraction of sp³-hybridized carbons (Fsp3) is 0.227. The lowest BCUT2D eigenvalue weighted by Gasteiger charge is -2.62. The summed E-state index contributed by atoms with van der Waals surface area (Å²) >= 11 is 0. The monoisotopic (exact) mass is 415 g/mol. The van der Waals surface area contributed by atoms with Crippen LogP contribution in [0.25, 0.3) is 11.0 Å². The number of hydrogen-bond donors (Lipinski definition) is 1. The molecule has 1 N–H and O–H groups in total. The molecule has 3 aromatic rings. The highest BCUT2D eigenvalue weighted by Crippen LogP contribution is 2.41. The Morgan fingerprint density at radius 3 is 2.87 bits per heavy atom. The number of aromatic nitrogens is 4. The molecular formula is C22H18FN7O. The summed E-state index contributed by atoms with van der Waals surface area (Å²) in [6.07, 6.45) is 10.4. The second kappa shape index (κ2) is 7.02. The Balaban J connectivity index is 1.43. The van der Waals surface area contributed by atoms with Gasteiger partial charge in [-0.15, -0.1) is 6.42 Å². The Kier molecular flexibility index (Phi) is 4.29. The molecule has 1 spiro atoms. The molecule has 31 heavy (non-hydrogen) atoms. The van der Waals surface area contributed by atoms with E-state index in [0.717, 1.165) is 18.8 Å². The summed E-state index contributed by atoms with van der Waals surface area (Å²) in [5.41, 5.74) is 1.53. The molecule has 0 radical (unpaired) electrons. The molecule has 3 aromatic heterocycles. The highest BCUT2D eigenvalue weighted by molar-refractivity contribution is 5.90. The van der Waals surface area contributed by atoms with Gasteiger partial charge in [-0.2, -0.15) is 4.39 Å². The SMILES string of the molecule is C#Cc1cnc(F)c(Nc2ncnc3ccc(N4CC5(CCN5C(=O)C=C)C4)nc23)c1. The Morgan fingerprint density at radius 2 is 2.16 bits per heavy atom. The number of carbonyl (C=O) groups excluding carboxylic acids is 1. The quantitative estimate of drug-likeness (QED) is 0.397. The van der Waals surface area contributed by atoms with Gasteiger partial charge < -0.3 is 15.1 Å². The number of likely N-dealkylation sites (tertiary alicyclic amines) is 1. The van der Waals surface area contributed by atoms with Crippen molar-refractivity contribution in [2.75, 3.05) is 29.9 Å². The van der Waals surface area contributed by atoms with Crippen molar-refractivity contribution in [3.8, 4) is 12.3 Å². The Morgan fingerprint density at radius 1 is 1.32 bits per heavy atom. The van der Waals surface area contributed by atoms with Gasteiger partial charge in [0.05, 0.1) is 16.7 Å². The molecule has 8 nitrogen and oxygen atoms in total. The second-order valence-corrected chi connectivity index (χ2v) is 7.62. The van der Waals surface area contributed by atoms with E-state index in [4.69, 9.17) is 11.4 Å². The van der Waals surface area contributed by atoms with E-state index < -0.39 is 5.95 Å². The van der Waals surface area contributed by atoms with Gasteiger partial charge in [-0.05, 0) is 30.7 Å². The minimum Gasteiger partial charge on any atom is -0.352 e. The first-order valence-electron chi connectivity index (χ1n) is 9.73. The summed E-state index contributed by atoms with van der Waals surface area (Å²) in [5.74, 6) is 2.79. The van der Waals surface area contributed by atoms with E-state index >= 15 is 0 Å². The number of hydrogen-bond acceptors (Lipinski definition) is 7. The first kappa shape index (κ1) is 18.9. The van der Waals surface area contributed by atoms with Crippen LogP contribution < -0.4 is 10.2 Å². The van der Waals surface area contributed by atoms with Crippen LogP contribution in [0, 0.1) is 18.3 Å². The van der Waals surface area contributed by atoms with Crippen LogP contribution in [0.2, 0.25) is 0 Å². The molecule has 0 unspecified atom stereocenters. The summed E-state index contributed by atoms with van der Waals surface area (Å²) in [4.78, 5) is 32.8. The fourth-order valence-electron chi connectivity index (χ4n) is 4.09. The van der Waals surface area contributed by atoms with E-state index in [2.05, 4.69) is 37.7 Å². The van der Waals surface area contributed by atoms with E-state index in [1.807, 2.05) is 17.0 Å². The first-order chi connectivity index (χ1) is 15.0. The van der Waals surface area contributed by atoms with Crippen molar-refractivity contribution < 1.29 is 9.18 Å².